The molecule has 1 fully saturated rings. The van der Waals surface area contributed by atoms with Crippen molar-refractivity contribution in [3.8, 4) is 17.2 Å². The van der Waals surface area contributed by atoms with Crippen molar-refractivity contribution in [1.82, 2.24) is 4.90 Å². The van der Waals surface area contributed by atoms with E-state index in [1.54, 1.807) is 18.2 Å². The standard InChI is InChI=1S/C26H33F3N2O5/c1-4-5-6-11-36-23-13-20(8-10-22(23)35-3)30-24(33)31(16-25(17-32)15-26(25,28)29)14-18-12-19(27)7-9-21(18)34-2/h7-10,12-13,32H,4-6,11,14-17H2,1-3H3,(H,30,33). The molecular formula is C26H33F3N2O5. The molecule has 0 radical (unpaired) electrons. The van der Waals surface area contributed by atoms with Crippen molar-refractivity contribution in [2.75, 3.05) is 39.3 Å². The number of aliphatic hydroxyl groups is 1. The van der Waals surface area contributed by atoms with E-state index in [9.17, 15) is 23.1 Å². The van der Waals surface area contributed by atoms with Crippen LogP contribution < -0.4 is 19.5 Å². The minimum atomic E-state index is -3.11. The zero-order chi connectivity index (χ0) is 26.3. The van der Waals surface area contributed by atoms with Crippen LogP contribution in [0.1, 0.15) is 38.2 Å². The highest BCUT2D eigenvalue weighted by Gasteiger charge is 2.71. The van der Waals surface area contributed by atoms with Crippen LogP contribution in [0.3, 0.4) is 0 Å². The fourth-order valence-corrected chi connectivity index (χ4v) is 4.02. The number of aliphatic hydroxyl groups excluding tert-OH is 1. The molecule has 2 aromatic rings. The SMILES string of the molecule is CCCCCOc1cc(NC(=O)N(Cc2cc(F)ccc2OC)CC2(CO)CC2(F)F)ccc1OC. The van der Waals surface area contributed by atoms with Gasteiger partial charge in [0.05, 0.1) is 39.4 Å². The van der Waals surface area contributed by atoms with Crippen LogP contribution >= 0.6 is 0 Å². The first-order chi connectivity index (χ1) is 17.2. The zero-order valence-corrected chi connectivity index (χ0v) is 20.8. The Bertz CT molecular complexity index is 1050. The quantitative estimate of drug-likeness (QED) is 0.350. The molecule has 0 bridgehead atoms. The average molecular weight is 511 g/mol. The number of alkyl halides is 2. The minimum absolute atomic E-state index is 0.207. The molecule has 7 nitrogen and oxygen atoms in total. The summed E-state index contributed by atoms with van der Waals surface area (Å²) >= 11 is 0. The molecule has 0 spiro atoms. The first-order valence-electron chi connectivity index (χ1n) is 11.9. The van der Waals surface area contributed by atoms with Crippen LogP contribution in [0.15, 0.2) is 36.4 Å². The van der Waals surface area contributed by atoms with Gasteiger partial charge in [0.1, 0.15) is 11.6 Å². The summed E-state index contributed by atoms with van der Waals surface area (Å²) in [6.07, 6.45) is 2.36. The van der Waals surface area contributed by atoms with Crippen molar-refractivity contribution >= 4 is 11.7 Å². The smallest absolute Gasteiger partial charge is 0.322 e. The third kappa shape index (κ3) is 6.34. The largest absolute Gasteiger partial charge is 0.496 e. The Balaban J connectivity index is 1.83. The summed E-state index contributed by atoms with van der Waals surface area (Å²) in [7, 11) is 2.90. The van der Waals surface area contributed by atoms with E-state index in [1.807, 2.05) is 0 Å². The third-order valence-corrected chi connectivity index (χ3v) is 6.32. The van der Waals surface area contributed by atoms with E-state index in [2.05, 4.69) is 12.2 Å². The van der Waals surface area contributed by atoms with Gasteiger partial charge in [-0.3, -0.25) is 0 Å². The summed E-state index contributed by atoms with van der Waals surface area (Å²) in [6.45, 7) is 1.13. The van der Waals surface area contributed by atoms with Gasteiger partial charge in [-0.05, 0) is 36.8 Å². The Morgan fingerprint density at radius 1 is 1.08 bits per heavy atom. The maximum atomic E-state index is 14.1. The molecule has 0 saturated heterocycles. The Hall–Kier alpha value is -3.14. The van der Waals surface area contributed by atoms with Gasteiger partial charge in [0.25, 0.3) is 5.92 Å². The maximum Gasteiger partial charge on any atom is 0.322 e. The van der Waals surface area contributed by atoms with Gasteiger partial charge in [-0.15, -0.1) is 0 Å². The van der Waals surface area contributed by atoms with Crippen LogP contribution in [0.2, 0.25) is 0 Å². The van der Waals surface area contributed by atoms with Crippen molar-refractivity contribution in [3.63, 3.8) is 0 Å². The number of nitrogens with one attached hydrogen (secondary N) is 1. The topological polar surface area (TPSA) is 80.3 Å². The van der Waals surface area contributed by atoms with Gasteiger partial charge >= 0.3 is 6.03 Å². The Morgan fingerprint density at radius 2 is 1.78 bits per heavy atom. The number of carbonyl (C=O) groups is 1. The Kier molecular flexibility index (Phi) is 8.94. The van der Waals surface area contributed by atoms with E-state index in [1.165, 1.54) is 32.4 Å². The molecule has 1 aliphatic rings. The molecule has 2 aromatic carbocycles. The molecule has 2 N–H and O–H groups in total. The normalized spacial score (nSPS) is 17.9. The van der Waals surface area contributed by atoms with Crippen LogP contribution in [0.4, 0.5) is 23.7 Å². The van der Waals surface area contributed by atoms with Gasteiger partial charge < -0.3 is 29.5 Å². The molecule has 10 heteroatoms. The summed E-state index contributed by atoms with van der Waals surface area (Å²) in [4.78, 5) is 14.4. The van der Waals surface area contributed by atoms with Gasteiger partial charge in [-0.25, -0.2) is 18.0 Å². The molecular weight excluding hydrogens is 477 g/mol. The molecule has 0 aromatic heterocycles. The van der Waals surface area contributed by atoms with Gasteiger partial charge in [-0.1, -0.05) is 19.8 Å². The Morgan fingerprint density at radius 3 is 2.39 bits per heavy atom. The highest BCUT2D eigenvalue weighted by atomic mass is 19.3. The highest BCUT2D eigenvalue weighted by Crippen LogP contribution is 2.60. The summed E-state index contributed by atoms with van der Waals surface area (Å²) in [5.41, 5.74) is -1.08. The number of ether oxygens (including phenoxy) is 3. The lowest BCUT2D eigenvalue weighted by atomic mass is 10.1. The number of nitrogens with zero attached hydrogens (tertiary/aromatic N) is 1. The van der Waals surface area contributed by atoms with Crippen molar-refractivity contribution in [2.45, 2.75) is 45.1 Å². The van der Waals surface area contributed by atoms with Crippen LogP contribution in [-0.2, 0) is 6.54 Å². The molecule has 1 saturated carbocycles. The monoisotopic (exact) mass is 510 g/mol. The van der Waals surface area contributed by atoms with Crippen LogP contribution in [-0.4, -0.2) is 55.9 Å². The number of unbranched alkanes of at least 4 members (excludes halogenated alkanes) is 2. The molecule has 3 rings (SSSR count). The number of hydrogen-bond acceptors (Lipinski definition) is 5. The van der Waals surface area contributed by atoms with E-state index in [0.717, 1.165) is 24.2 Å². The second-order valence-corrected chi connectivity index (χ2v) is 8.98. The lowest BCUT2D eigenvalue weighted by molar-refractivity contribution is 0.0238. The first-order valence-corrected chi connectivity index (χ1v) is 11.9. The number of benzene rings is 2. The number of amides is 2. The minimum Gasteiger partial charge on any atom is -0.496 e. The van der Waals surface area contributed by atoms with Gasteiger partial charge in [0.15, 0.2) is 11.5 Å². The fraction of sp³-hybridized carbons (Fsp3) is 0.500. The lowest BCUT2D eigenvalue weighted by Gasteiger charge is -2.28. The second-order valence-electron chi connectivity index (χ2n) is 8.98. The molecule has 36 heavy (non-hydrogen) atoms. The predicted molar refractivity (Wildman–Crippen MR) is 129 cm³/mol. The number of urea groups is 1. The Labute approximate surface area is 209 Å². The molecule has 1 aliphatic carbocycles. The number of rotatable bonds is 13. The van der Waals surface area contributed by atoms with Gasteiger partial charge in [0.2, 0.25) is 0 Å². The first kappa shape index (κ1) is 27.4. The van der Waals surface area contributed by atoms with E-state index in [-0.39, 0.29) is 6.54 Å². The molecule has 1 unspecified atom stereocenters. The summed E-state index contributed by atoms with van der Waals surface area (Å²) in [5, 5.41) is 12.4. The highest BCUT2D eigenvalue weighted by molar-refractivity contribution is 5.90. The van der Waals surface area contributed by atoms with Crippen molar-refractivity contribution in [1.29, 1.82) is 0 Å². The van der Waals surface area contributed by atoms with Gasteiger partial charge in [0, 0.05) is 30.3 Å². The average Bonchev–Trinajstić information content (AvgIpc) is 3.41. The van der Waals surface area contributed by atoms with Crippen molar-refractivity contribution in [2.24, 2.45) is 5.41 Å². The number of hydrogen-bond donors (Lipinski definition) is 2. The number of methoxy groups -OCH3 is 2. The molecule has 1 atom stereocenters. The molecule has 2 amide bonds. The summed E-state index contributed by atoms with van der Waals surface area (Å²) in [6, 6.07) is 7.93. The lowest BCUT2D eigenvalue weighted by Crippen LogP contribution is -2.41. The molecule has 0 aliphatic heterocycles. The maximum absolute atomic E-state index is 14.1. The van der Waals surface area contributed by atoms with Crippen LogP contribution in [0, 0.1) is 11.2 Å². The molecule has 0 heterocycles. The summed E-state index contributed by atoms with van der Waals surface area (Å²) < 4.78 is 58.6. The summed E-state index contributed by atoms with van der Waals surface area (Å²) in [5.74, 6) is -2.43. The zero-order valence-electron chi connectivity index (χ0n) is 20.8. The predicted octanol–water partition coefficient (Wildman–Crippen LogP) is 5.46. The van der Waals surface area contributed by atoms with Gasteiger partial charge in [-0.2, -0.15) is 0 Å². The van der Waals surface area contributed by atoms with Crippen molar-refractivity contribution < 1.29 is 37.3 Å². The van der Waals surface area contributed by atoms with Crippen molar-refractivity contribution in [3.05, 3.63) is 47.8 Å². The number of carbonyl (C=O) groups excluding carboxylic acids is 1. The van der Waals surface area contributed by atoms with Crippen LogP contribution in [0.25, 0.3) is 0 Å². The fourth-order valence-electron chi connectivity index (χ4n) is 4.02. The third-order valence-electron chi connectivity index (χ3n) is 6.32. The van der Waals surface area contributed by atoms with E-state index in [4.69, 9.17) is 14.2 Å². The number of anilines is 1. The van der Waals surface area contributed by atoms with E-state index in [0.29, 0.717) is 35.1 Å². The van der Waals surface area contributed by atoms with Crippen LogP contribution in [0.5, 0.6) is 17.2 Å². The van der Waals surface area contributed by atoms with E-state index < -0.39 is 42.8 Å². The number of halogens is 3. The molecule has 198 valence electrons. The second kappa shape index (κ2) is 11.7. The van der Waals surface area contributed by atoms with E-state index >= 15 is 0 Å².